The van der Waals surface area contributed by atoms with Crippen molar-refractivity contribution in [3.05, 3.63) is 22.8 Å². The Kier molecular flexibility index (Phi) is 4.94. The smallest absolute Gasteiger partial charge is 0.214 e. The molecule has 0 radical (unpaired) electrons. The van der Waals surface area contributed by atoms with Crippen LogP contribution >= 0.6 is 15.9 Å². The van der Waals surface area contributed by atoms with Crippen molar-refractivity contribution in [2.24, 2.45) is 5.92 Å². The summed E-state index contributed by atoms with van der Waals surface area (Å²) >= 11 is 3.31. The van der Waals surface area contributed by atoms with Crippen molar-refractivity contribution < 1.29 is 4.74 Å². The highest BCUT2D eigenvalue weighted by molar-refractivity contribution is 9.10. The fourth-order valence-corrected chi connectivity index (χ4v) is 1.60. The summed E-state index contributed by atoms with van der Waals surface area (Å²) in [6.07, 6.45) is 2.41. The van der Waals surface area contributed by atoms with Crippen LogP contribution in [-0.4, -0.2) is 11.6 Å². The largest absolute Gasteiger partial charge is 0.477 e. The lowest BCUT2D eigenvalue weighted by Crippen LogP contribution is -2.08. The summed E-state index contributed by atoms with van der Waals surface area (Å²) in [7, 11) is 0. The molecular weight excluding hydrogens is 242 g/mol. The van der Waals surface area contributed by atoms with Crippen LogP contribution in [0.5, 0.6) is 5.88 Å². The fraction of sp³-hybridized carbons (Fsp3) is 0.545. The number of aromatic nitrogens is 1. The molecule has 0 aliphatic rings. The Morgan fingerprint density at radius 2 is 2.29 bits per heavy atom. The van der Waals surface area contributed by atoms with Crippen molar-refractivity contribution in [3.63, 3.8) is 0 Å². The van der Waals surface area contributed by atoms with Gasteiger partial charge in [0.25, 0.3) is 0 Å². The molecule has 0 saturated heterocycles. The molecule has 1 rings (SSSR count). The van der Waals surface area contributed by atoms with Crippen LogP contribution in [-0.2, 0) is 0 Å². The normalized spacial score (nSPS) is 12.5. The number of halogens is 1. The first-order valence-electron chi connectivity index (χ1n) is 4.97. The molecule has 0 amide bonds. The van der Waals surface area contributed by atoms with E-state index in [1.54, 1.807) is 0 Å². The zero-order valence-corrected chi connectivity index (χ0v) is 10.3. The quantitative estimate of drug-likeness (QED) is 0.752. The number of nitrogens with zero attached hydrogens (tertiary/aromatic N) is 1. The van der Waals surface area contributed by atoms with Crippen LogP contribution in [0.1, 0.15) is 26.7 Å². The van der Waals surface area contributed by atoms with E-state index in [9.17, 15) is 0 Å². The van der Waals surface area contributed by atoms with Gasteiger partial charge in [0.1, 0.15) is 4.60 Å². The summed E-state index contributed by atoms with van der Waals surface area (Å²) in [5, 5.41) is 0. The van der Waals surface area contributed by atoms with Gasteiger partial charge in [-0.3, -0.25) is 0 Å². The zero-order chi connectivity index (χ0) is 10.4. The molecule has 1 aromatic rings. The number of pyridine rings is 1. The lowest BCUT2D eigenvalue weighted by molar-refractivity contribution is 0.242. The van der Waals surface area contributed by atoms with Crippen molar-refractivity contribution in [1.82, 2.24) is 4.98 Å². The second-order valence-electron chi connectivity index (χ2n) is 3.50. The van der Waals surface area contributed by atoms with Crippen molar-refractivity contribution in [1.29, 1.82) is 0 Å². The fourth-order valence-electron chi connectivity index (χ4n) is 1.27. The number of rotatable bonds is 5. The van der Waals surface area contributed by atoms with Crippen LogP contribution in [0.4, 0.5) is 0 Å². The Morgan fingerprint density at radius 3 is 2.93 bits per heavy atom. The van der Waals surface area contributed by atoms with Gasteiger partial charge in [-0.15, -0.1) is 0 Å². The predicted molar refractivity (Wildman–Crippen MR) is 61.5 cm³/mol. The van der Waals surface area contributed by atoms with E-state index in [0.717, 1.165) is 11.2 Å². The van der Waals surface area contributed by atoms with Gasteiger partial charge < -0.3 is 4.74 Å². The molecule has 0 fully saturated rings. The summed E-state index contributed by atoms with van der Waals surface area (Å²) < 4.78 is 6.38. The first kappa shape index (κ1) is 11.5. The molecule has 2 nitrogen and oxygen atoms in total. The minimum atomic E-state index is 0.598. The molecule has 1 atom stereocenters. The summed E-state index contributed by atoms with van der Waals surface area (Å²) in [6.45, 7) is 5.13. The van der Waals surface area contributed by atoms with Gasteiger partial charge >= 0.3 is 0 Å². The van der Waals surface area contributed by atoms with E-state index in [-0.39, 0.29) is 0 Å². The molecule has 0 aliphatic heterocycles. The minimum absolute atomic E-state index is 0.598. The van der Waals surface area contributed by atoms with Crippen LogP contribution in [0.25, 0.3) is 0 Å². The molecule has 0 N–H and O–H groups in total. The van der Waals surface area contributed by atoms with E-state index in [4.69, 9.17) is 4.74 Å². The van der Waals surface area contributed by atoms with Gasteiger partial charge in [0, 0.05) is 6.07 Å². The van der Waals surface area contributed by atoms with Gasteiger partial charge in [0.2, 0.25) is 5.88 Å². The Hall–Kier alpha value is -0.570. The monoisotopic (exact) mass is 257 g/mol. The van der Waals surface area contributed by atoms with Crippen LogP contribution in [0.15, 0.2) is 22.8 Å². The lowest BCUT2D eigenvalue weighted by atomic mass is 10.1. The molecular formula is C11H16BrNO. The number of ether oxygens (including phenoxy) is 1. The van der Waals surface area contributed by atoms with E-state index in [1.807, 2.05) is 18.2 Å². The Balaban J connectivity index is 2.37. The first-order valence-corrected chi connectivity index (χ1v) is 5.77. The summed E-state index contributed by atoms with van der Waals surface area (Å²) in [5.41, 5.74) is 0. The standard InChI is InChI=1S/C11H16BrNO/c1-3-5-9(2)8-14-11-7-4-6-10(12)13-11/h4,6-7,9H,3,5,8H2,1-2H3. The van der Waals surface area contributed by atoms with Crippen molar-refractivity contribution >= 4 is 15.9 Å². The third-order valence-electron chi connectivity index (χ3n) is 1.99. The van der Waals surface area contributed by atoms with Crippen molar-refractivity contribution in [2.45, 2.75) is 26.7 Å². The molecule has 1 aromatic heterocycles. The van der Waals surface area contributed by atoms with Crippen LogP contribution < -0.4 is 4.74 Å². The maximum atomic E-state index is 5.56. The first-order chi connectivity index (χ1) is 6.72. The van der Waals surface area contributed by atoms with Gasteiger partial charge in [-0.25, -0.2) is 4.98 Å². The third kappa shape index (κ3) is 4.09. The SMILES string of the molecule is CCCC(C)COc1cccc(Br)n1. The van der Waals surface area contributed by atoms with E-state index in [0.29, 0.717) is 11.8 Å². The summed E-state index contributed by atoms with van der Waals surface area (Å²) in [5.74, 6) is 1.29. The zero-order valence-electron chi connectivity index (χ0n) is 8.66. The highest BCUT2D eigenvalue weighted by Gasteiger charge is 2.02. The van der Waals surface area contributed by atoms with Crippen LogP contribution in [0.2, 0.25) is 0 Å². The van der Waals surface area contributed by atoms with Gasteiger partial charge in [-0.1, -0.05) is 26.3 Å². The molecule has 0 bridgehead atoms. The van der Waals surface area contributed by atoms with Gasteiger partial charge in [0.15, 0.2) is 0 Å². The summed E-state index contributed by atoms with van der Waals surface area (Å²) in [6, 6.07) is 5.70. The Labute approximate surface area is 93.8 Å². The number of hydrogen-bond acceptors (Lipinski definition) is 2. The van der Waals surface area contributed by atoms with E-state index >= 15 is 0 Å². The Morgan fingerprint density at radius 1 is 1.50 bits per heavy atom. The lowest BCUT2D eigenvalue weighted by Gasteiger charge is -2.11. The summed E-state index contributed by atoms with van der Waals surface area (Å²) in [4.78, 5) is 4.20. The average molecular weight is 258 g/mol. The van der Waals surface area contributed by atoms with Gasteiger partial charge in [-0.2, -0.15) is 0 Å². The third-order valence-corrected chi connectivity index (χ3v) is 2.43. The molecule has 1 heterocycles. The van der Waals surface area contributed by atoms with Crippen LogP contribution in [0, 0.1) is 5.92 Å². The number of hydrogen-bond donors (Lipinski definition) is 0. The van der Waals surface area contributed by atoms with Crippen molar-refractivity contribution in [2.75, 3.05) is 6.61 Å². The van der Waals surface area contributed by atoms with E-state index in [1.165, 1.54) is 12.8 Å². The molecule has 0 aliphatic carbocycles. The van der Waals surface area contributed by atoms with Gasteiger partial charge in [0.05, 0.1) is 6.61 Å². The van der Waals surface area contributed by atoms with E-state index < -0.39 is 0 Å². The highest BCUT2D eigenvalue weighted by atomic mass is 79.9. The van der Waals surface area contributed by atoms with Crippen LogP contribution in [0.3, 0.4) is 0 Å². The highest BCUT2D eigenvalue weighted by Crippen LogP contribution is 2.14. The maximum absolute atomic E-state index is 5.56. The average Bonchev–Trinajstić information content (AvgIpc) is 2.15. The predicted octanol–water partition coefficient (Wildman–Crippen LogP) is 3.66. The molecule has 1 unspecified atom stereocenters. The molecule has 3 heteroatoms. The molecule has 0 saturated carbocycles. The van der Waals surface area contributed by atoms with Gasteiger partial charge in [-0.05, 0) is 34.3 Å². The molecule has 14 heavy (non-hydrogen) atoms. The molecule has 78 valence electrons. The molecule has 0 spiro atoms. The second-order valence-corrected chi connectivity index (χ2v) is 4.32. The van der Waals surface area contributed by atoms with E-state index in [2.05, 4.69) is 34.8 Å². The van der Waals surface area contributed by atoms with Crippen molar-refractivity contribution in [3.8, 4) is 5.88 Å². The second kappa shape index (κ2) is 6.02. The topological polar surface area (TPSA) is 22.1 Å². The molecule has 0 aromatic carbocycles. The Bertz CT molecular complexity index is 278. The maximum Gasteiger partial charge on any atom is 0.214 e. The minimum Gasteiger partial charge on any atom is -0.477 e.